The molecule has 0 aromatic heterocycles. The lowest BCUT2D eigenvalue weighted by Gasteiger charge is -2.37. The average molecular weight is 529 g/mol. The van der Waals surface area contributed by atoms with Gasteiger partial charge in [-0.15, -0.1) is 0 Å². The summed E-state index contributed by atoms with van der Waals surface area (Å²) in [4.78, 5) is 15.5. The summed E-state index contributed by atoms with van der Waals surface area (Å²) in [5, 5.41) is 0. The Balaban J connectivity index is 1.68. The van der Waals surface area contributed by atoms with Crippen molar-refractivity contribution in [3.8, 4) is 17.2 Å². The number of hydrogen-bond acceptors (Lipinski definition) is 6. The lowest BCUT2D eigenvalue weighted by Crippen LogP contribution is -2.42. The Hall–Kier alpha value is -3.63. The zero-order valence-corrected chi connectivity index (χ0v) is 21.9. The Bertz CT molecular complexity index is 1380. The van der Waals surface area contributed by atoms with Gasteiger partial charge in [0.2, 0.25) is 10.0 Å². The summed E-state index contributed by atoms with van der Waals surface area (Å²) in [5.41, 5.74) is 2.21. The molecule has 0 aliphatic carbocycles. The van der Waals surface area contributed by atoms with E-state index in [1.165, 1.54) is 62.6 Å². The lowest BCUT2D eigenvalue weighted by molar-refractivity contribution is 0.0589. The molecule has 1 unspecified atom stereocenters. The Kier molecular flexibility index (Phi) is 7.70. The predicted molar refractivity (Wildman–Crippen MR) is 136 cm³/mol. The minimum absolute atomic E-state index is 0.103. The van der Waals surface area contributed by atoms with Crippen molar-refractivity contribution in [3.63, 3.8) is 0 Å². The minimum Gasteiger partial charge on any atom is -0.493 e. The molecule has 0 saturated carbocycles. The van der Waals surface area contributed by atoms with Gasteiger partial charge in [-0.25, -0.2) is 17.1 Å². The van der Waals surface area contributed by atoms with E-state index in [1.54, 1.807) is 19.1 Å². The zero-order chi connectivity index (χ0) is 26.7. The quantitative estimate of drug-likeness (QED) is 0.441. The van der Waals surface area contributed by atoms with Gasteiger partial charge in [-0.1, -0.05) is 0 Å². The van der Waals surface area contributed by atoms with Gasteiger partial charge in [-0.05, 0) is 78.2 Å². The summed E-state index contributed by atoms with van der Waals surface area (Å²) in [5.74, 6) is 0.961. The van der Waals surface area contributed by atoms with E-state index in [0.29, 0.717) is 35.8 Å². The molecule has 196 valence electrons. The summed E-state index contributed by atoms with van der Waals surface area (Å²) in [6.45, 7) is 0.531. The van der Waals surface area contributed by atoms with Crippen molar-refractivity contribution in [1.29, 1.82) is 0 Å². The molecule has 8 nitrogen and oxygen atoms in total. The van der Waals surface area contributed by atoms with E-state index in [-0.39, 0.29) is 23.2 Å². The molecule has 0 spiro atoms. The van der Waals surface area contributed by atoms with Gasteiger partial charge in [0.1, 0.15) is 18.2 Å². The number of methoxy groups -OCH3 is 2. The molecule has 10 heteroatoms. The number of amides is 1. The van der Waals surface area contributed by atoms with Crippen molar-refractivity contribution in [2.75, 3.05) is 41.5 Å². The molecule has 4 rings (SSSR count). The molecule has 1 heterocycles. The van der Waals surface area contributed by atoms with Crippen LogP contribution in [0.15, 0.2) is 65.6 Å². The van der Waals surface area contributed by atoms with Crippen LogP contribution in [0.3, 0.4) is 0 Å². The van der Waals surface area contributed by atoms with Gasteiger partial charge >= 0.3 is 0 Å². The molecule has 0 radical (unpaired) electrons. The first-order valence-electron chi connectivity index (χ1n) is 11.6. The standard InChI is InChI=1S/C27H29FN2O6S/c1-29(2)37(32,33)22-11-5-18(6-12-22)27(31)30-14-13-19-15-25(34-3)26(35-4)16-23(19)24(30)17-36-21-9-7-20(28)8-10-21/h5-12,15-16,24H,13-14,17H2,1-4H3. The maximum absolute atomic E-state index is 13.7. The maximum atomic E-state index is 13.7. The van der Waals surface area contributed by atoms with E-state index in [4.69, 9.17) is 14.2 Å². The summed E-state index contributed by atoms with van der Waals surface area (Å²) >= 11 is 0. The summed E-state index contributed by atoms with van der Waals surface area (Å²) in [7, 11) is 2.40. The fraction of sp³-hybridized carbons (Fsp3) is 0.296. The number of ether oxygens (including phenoxy) is 3. The lowest BCUT2D eigenvalue weighted by atomic mass is 9.91. The van der Waals surface area contributed by atoms with E-state index >= 15 is 0 Å². The van der Waals surface area contributed by atoms with E-state index in [2.05, 4.69) is 0 Å². The largest absolute Gasteiger partial charge is 0.493 e. The first kappa shape index (κ1) is 26.4. The predicted octanol–water partition coefficient (Wildman–Crippen LogP) is 3.91. The monoisotopic (exact) mass is 528 g/mol. The molecule has 3 aromatic rings. The number of rotatable bonds is 8. The third kappa shape index (κ3) is 5.40. The second-order valence-electron chi connectivity index (χ2n) is 8.75. The highest BCUT2D eigenvalue weighted by Crippen LogP contribution is 2.39. The Morgan fingerprint density at radius 3 is 2.22 bits per heavy atom. The van der Waals surface area contributed by atoms with E-state index in [0.717, 1.165) is 15.4 Å². The number of halogens is 1. The molecule has 37 heavy (non-hydrogen) atoms. The molecule has 0 fully saturated rings. The van der Waals surface area contributed by atoms with Gasteiger partial charge in [0.25, 0.3) is 5.91 Å². The third-order valence-electron chi connectivity index (χ3n) is 6.36. The van der Waals surface area contributed by atoms with Crippen LogP contribution in [0.2, 0.25) is 0 Å². The number of benzene rings is 3. The molecule has 0 saturated heterocycles. The van der Waals surface area contributed by atoms with Crippen LogP contribution in [-0.2, 0) is 16.4 Å². The van der Waals surface area contributed by atoms with Crippen molar-refractivity contribution in [3.05, 3.63) is 83.2 Å². The zero-order valence-electron chi connectivity index (χ0n) is 21.1. The Morgan fingerprint density at radius 1 is 1.00 bits per heavy atom. The molecule has 1 aliphatic heterocycles. The Labute approximate surface area is 216 Å². The first-order chi connectivity index (χ1) is 17.6. The van der Waals surface area contributed by atoms with Crippen LogP contribution < -0.4 is 14.2 Å². The number of carbonyl (C=O) groups excluding carboxylic acids is 1. The summed E-state index contributed by atoms with van der Waals surface area (Å²) in [6.07, 6.45) is 0.585. The van der Waals surface area contributed by atoms with Crippen LogP contribution in [-0.4, -0.2) is 65.0 Å². The van der Waals surface area contributed by atoms with Crippen LogP contribution in [0, 0.1) is 5.82 Å². The van der Waals surface area contributed by atoms with Crippen LogP contribution in [0.4, 0.5) is 4.39 Å². The topological polar surface area (TPSA) is 85.4 Å². The van der Waals surface area contributed by atoms with Crippen molar-refractivity contribution < 1.29 is 31.8 Å². The summed E-state index contributed by atoms with van der Waals surface area (Å²) < 4.78 is 56.3. The number of nitrogens with zero attached hydrogens (tertiary/aromatic N) is 2. The fourth-order valence-electron chi connectivity index (χ4n) is 4.30. The smallest absolute Gasteiger partial charge is 0.254 e. The number of hydrogen-bond donors (Lipinski definition) is 0. The second-order valence-corrected chi connectivity index (χ2v) is 10.9. The van der Waals surface area contributed by atoms with Crippen LogP contribution in [0.25, 0.3) is 0 Å². The average Bonchev–Trinajstić information content (AvgIpc) is 2.91. The minimum atomic E-state index is -3.62. The van der Waals surface area contributed by atoms with Crippen molar-refractivity contribution in [2.45, 2.75) is 17.4 Å². The van der Waals surface area contributed by atoms with Crippen molar-refractivity contribution >= 4 is 15.9 Å². The summed E-state index contributed by atoms with van der Waals surface area (Å²) in [6, 6.07) is 14.8. The van der Waals surface area contributed by atoms with Crippen molar-refractivity contribution in [1.82, 2.24) is 9.21 Å². The molecule has 1 aliphatic rings. The van der Waals surface area contributed by atoms with Gasteiger partial charge in [0, 0.05) is 26.2 Å². The molecule has 1 amide bonds. The number of sulfonamides is 1. The molecule has 0 bridgehead atoms. The second kappa shape index (κ2) is 10.8. The Morgan fingerprint density at radius 2 is 1.62 bits per heavy atom. The number of fused-ring (bicyclic) bond motifs is 1. The van der Waals surface area contributed by atoms with Gasteiger partial charge in [-0.2, -0.15) is 0 Å². The SMILES string of the molecule is COc1cc2c(cc1OC)C(COc1ccc(F)cc1)N(C(=O)c1ccc(S(=O)(=O)N(C)C)cc1)CC2. The van der Waals surface area contributed by atoms with E-state index in [1.807, 2.05) is 12.1 Å². The van der Waals surface area contributed by atoms with E-state index < -0.39 is 16.1 Å². The molecular weight excluding hydrogens is 499 g/mol. The molecular formula is C27H29FN2O6S. The van der Waals surface area contributed by atoms with Gasteiger partial charge in [0.05, 0.1) is 25.2 Å². The van der Waals surface area contributed by atoms with Crippen LogP contribution in [0.1, 0.15) is 27.5 Å². The fourth-order valence-corrected chi connectivity index (χ4v) is 5.20. The highest BCUT2D eigenvalue weighted by Gasteiger charge is 2.33. The van der Waals surface area contributed by atoms with Crippen LogP contribution >= 0.6 is 0 Å². The van der Waals surface area contributed by atoms with Gasteiger partial charge in [-0.3, -0.25) is 4.79 Å². The van der Waals surface area contributed by atoms with Crippen molar-refractivity contribution in [2.24, 2.45) is 0 Å². The molecule has 3 aromatic carbocycles. The molecule has 1 atom stereocenters. The highest BCUT2D eigenvalue weighted by molar-refractivity contribution is 7.89. The maximum Gasteiger partial charge on any atom is 0.254 e. The molecule has 0 N–H and O–H groups in total. The number of carbonyl (C=O) groups is 1. The normalized spacial score (nSPS) is 15.3. The van der Waals surface area contributed by atoms with E-state index in [9.17, 15) is 17.6 Å². The third-order valence-corrected chi connectivity index (χ3v) is 8.19. The van der Waals surface area contributed by atoms with Crippen LogP contribution in [0.5, 0.6) is 17.2 Å². The highest BCUT2D eigenvalue weighted by atomic mass is 32.2. The first-order valence-corrected chi connectivity index (χ1v) is 13.1. The van der Waals surface area contributed by atoms with Gasteiger partial charge < -0.3 is 19.1 Å². The van der Waals surface area contributed by atoms with Gasteiger partial charge in [0.15, 0.2) is 11.5 Å².